The molecule has 2 rings (SSSR count). The van der Waals surface area contributed by atoms with Crippen LogP contribution in [0.4, 0.5) is 10.5 Å². The molecule has 0 aliphatic heterocycles. The van der Waals surface area contributed by atoms with Crippen molar-refractivity contribution in [2.24, 2.45) is 0 Å². The Morgan fingerprint density at radius 1 is 1.14 bits per heavy atom. The molecule has 110 valence electrons. The Kier molecular flexibility index (Phi) is 5.61. The van der Waals surface area contributed by atoms with E-state index in [1.165, 1.54) is 0 Å². The smallest absolute Gasteiger partial charge is 0.319 e. The molecule has 21 heavy (non-hydrogen) atoms. The molecule has 2 N–H and O–H groups in total. The fourth-order valence-electron chi connectivity index (χ4n) is 2.11. The largest absolute Gasteiger partial charge is 0.334 e. The summed E-state index contributed by atoms with van der Waals surface area (Å²) < 4.78 is 1.16. The summed E-state index contributed by atoms with van der Waals surface area (Å²) in [5, 5.41) is 5.81. The lowest BCUT2D eigenvalue weighted by atomic mass is 10.0. The van der Waals surface area contributed by atoms with Gasteiger partial charge in [-0.05, 0) is 57.8 Å². The summed E-state index contributed by atoms with van der Waals surface area (Å²) in [5.41, 5.74) is 3.10. The zero-order chi connectivity index (χ0) is 15.2. The van der Waals surface area contributed by atoms with E-state index in [1.54, 1.807) is 0 Å². The Morgan fingerprint density at radius 3 is 2.62 bits per heavy atom. The molecule has 0 heterocycles. The highest BCUT2D eigenvalue weighted by Crippen LogP contribution is 2.23. The number of para-hydroxylation sites is 1. The molecule has 0 unspecified atom stereocenters. The van der Waals surface area contributed by atoms with E-state index in [9.17, 15) is 4.79 Å². The number of halogens is 1. The van der Waals surface area contributed by atoms with E-state index in [4.69, 9.17) is 0 Å². The van der Waals surface area contributed by atoms with Gasteiger partial charge in [0.25, 0.3) is 0 Å². The molecule has 0 atom stereocenters. The first kappa shape index (κ1) is 15.8. The van der Waals surface area contributed by atoms with E-state index in [0.717, 1.165) is 20.4 Å². The van der Waals surface area contributed by atoms with Gasteiger partial charge in [-0.1, -0.05) is 44.2 Å². The van der Waals surface area contributed by atoms with Crippen molar-refractivity contribution in [3.05, 3.63) is 63.2 Å². The number of carbonyl (C=O) groups is 1. The second-order valence-corrected chi connectivity index (χ2v) is 6.43. The lowest BCUT2D eigenvalue weighted by molar-refractivity contribution is 0.251. The van der Waals surface area contributed by atoms with Gasteiger partial charge in [0, 0.05) is 15.8 Å². The van der Waals surface area contributed by atoms with Crippen molar-refractivity contribution < 1.29 is 4.79 Å². The van der Waals surface area contributed by atoms with Crippen LogP contribution in [0.3, 0.4) is 0 Å². The molecule has 2 aromatic rings. The Bertz CT molecular complexity index is 626. The van der Waals surface area contributed by atoms with Crippen LogP contribution in [0.2, 0.25) is 0 Å². The van der Waals surface area contributed by atoms with Crippen LogP contribution in [-0.4, -0.2) is 6.03 Å². The summed E-state index contributed by atoms with van der Waals surface area (Å²) >= 11 is 2.26. The number of carbonyl (C=O) groups excluding carboxylic acids is 1. The lowest BCUT2D eigenvalue weighted by Crippen LogP contribution is -2.28. The quantitative estimate of drug-likeness (QED) is 0.723. The van der Waals surface area contributed by atoms with Gasteiger partial charge in [-0.25, -0.2) is 4.79 Å². The zero-order valence-corrected chi connectivity index (χ0v) is 14.3. The molecule has 0 aliphatic carbocycles. The predicted octanol–water partition coefficient (Wildman–Crippen LogP) is 4.74. The number of hydrogen-bond donors (Lipinski definition) is 2. The molecule has 0 fully saturated rings. The minimum atomic E-state index is -0.179. The van der Waals surface area contributed by atoms with Gasteiger partial charge in [0.05, 0.1) is 0 Å². The maximum absolute atomic E-state index is 12.0. The molecule has 0 spiro atoms. The average Bonchev–Trinajstić information content (AvgIpc) is 2.45. The number of anilines is 1. The summed E-state index contributed by atoms with van der Waals surface area (Å²) in [7, 11) is 0. The topological polar surface area (TPSA) is 41.1 Å². The van der Waals surface area contributed by atoms with Crippen molar-refractivity contribution in [3.8, 4) is 0 Å². The normalized spacial score (nSPS) is 10.5. The van der Waals surface area contributed by atoms with Crippen LogP contribution in [0.25, 0.3) is 0 Å². The number of benzene rings is 2. The molecule has 0 aromatic heterocycles. The van der Waals surface area contributed by atoms with Crippen molar-refractivity contribution in [2.75, 3.05) is 5.32 Å². The first-order valence-electron chi connectivity index (χ1n) is 6.94. The molecule has 3 nitrogen and oxygen atoms in total. The van der Waals surface area contributed by atoms with Crippen LogP contribution < -0.4 is 10.6 Å². The van der Waals surface area contributed by atoms with Crippen molar-refractivity contribution >= 4 is 34.3 Å². The molecule has 0 aliphatic rings. The van der Waals surface area contributed by atoms with Crippen molar-refractivity contribution in [2.45, 2.75) is 26.3 Å². The maximum atomic E-state index is 12.0. The van der Waals surface area contributed by atoms with E-state index >= 15 is 0 Å². The Labute approximate surface area is 139 Å². The predicted molar refractivity (Wildman–Crippen MR) is 95.5 cm³/mol. The Hall–Kier alpha value is -1.56. The van der Waals surface area contributed by atoms with Crippen LogP contribution in [-0.2, 0) is 6.54 Å². The molecule has 0 saturated heterocycles. The highest BCUT2D eigenvalue weighted by molar-refractivity contribution is 14.1. The van der Waals surface area contributed by atoms with Gasteiger partial charge in [-0.15, -0.1) is 0 Å². The summed E-state index contributed by atoms with van der Waals surface area (Å²) in [5.74, 6) is 0.372. The fraction of sp³-hybridized carbons (Fsp3) is 0.235. The van der Waals surface area contributed by atoms with Gasteiger partial charge in [-0.2, -0.15) is 0 Å². The van der Waals surface area contributed by atoms with Gasteiger partial charge in [0.1, 0.15) is 0 Å². The summed E-state index contributed by atoms with van der Waals surface area (Å²) in [6.45, 7) is 4.75. The van der Waals surface area contributed by atoms with Gasteiger partial charge >= 0.3 is 6.03 Å². The molecule has 0 bridgehead atoms. The lowest BCUT2D eigenvalue weighted by Gasteiger charge is -2.14. The standard InChI is InChI=1S/C17H19IN2O/c1-12(2)15-8-3-4-9-16(15)20-17(21)19-11-13-6-5-7-14(18)10-13/h3-10,12H,11H2,1-2H3,(H2,19,20,21). The van der Waals surface area contributed by atoms with Crippen LogP contribution in [0.1, 0.15) is 30.9 Å². The van der Waals surface area contributed by atoms with E-state index in [1.807, 2.05) is 42.5 Å². The van der Waals surface area contributed by atoms with Crippen molar-refractivity contribution in [1.29, 1.82) is 0 Å². The van der Waals surface area contributed by atoms with Crippen LogP contribution in [0.5, 0.6) is 0 Å². The highest BCUT2D eigenvalue weighted by atomic mass is 127. The monoisotopic (exact) mass is 394 g/mol. The van der Waals surface area contributed by atoms with Gasteiger partial charge in [0.15, 0.2) is 0 Å². The van der Waals surface area contributed by atoms with Crippen molar-refractivity contribution in [3.63, 3.8) is 0 Å². The Morgan fingerprint density at radius 2 is 1.90 bits per heavy atom. The summed E-state index contributed by atoms with van der Waals surface area (Å²) in [4.78, 5) is 12.0. The van der Waals surface area contributed by atoms with Crippen molar-refractivity contribution in [1.82, 2.24) is 5.32 Å². The number of urea groups is 1. The van der Waals surface area contributed by atoms with Gasteiger partial charge < -0.3 is 10.6 Å². The van der Waals surface area contributed by atoms with E-state index in [-0.39, 0.29) is 6.03 Å². The zero-order valence-electron chi connectivity index (χ0n) is 12.2. The highest BCUT2D eigenvalue weighted by Gasteiger charge is 2.08. The molecule has 2 amide bonds. The third-order valence-electron chi connectivity index (χ3n) is 3.17. The minimum absolute atomic E-state index is 0.179. The molecule has 4 heteroatoms. The third kappa shape index (κ3) is 4.74. The molecule has 0 radical (unpaired) electrons. The van der Waals surface area contributed by atoms with Crippen LogP contribution >= 0.6 is 22.6 Å². The minimum Gasteiger partial charge on any atom is -0.334 e. The second kappa shape index (κ2) is 7.45. The number of nitrogens with one attached hydrogen (secondary N) is 2. The second-order valence-electron chi connectivity index (χ2n) is 5.18. The maximum Gasteiger partial charge on any atom is 0.319 e. The average molecular weight is 394 g/mol. The molecular weight excluding hydrogens is 375 g/mol. The Balaban J connectivity index is 1.96. The van der Waals surface area contributed by atoms with Crippen LogP contribution in [0, 0.1) is 3.57 Å². The fourth-order valence-corrected chi connectivity index (χ4v) is 2.72. The number of hydrogen-bond acceptors (Lipinski definition) is 1. The van der Waals surface area contributed by atoms with E-state index in [0.29, 0.717) is 12.5 Å². The van der Waals surface area contributed by atoms with Gasteiger partial charge in [0.2, 0.25) is 0 Å². The molecule has 0 saturated carbocycles. The summed E-state index contributed by atoms with van der Waals surface area (Å²) in [6, 6.07) is 15.8. The van der Waals surface area contributed by atoms with Gasteiger partial charge in [-0.3, -0.25) is 0 Å². The van der Waals surface area contributed by atoms with Crippen LogP contribution in [0.15, 0.2) is 48.5 Å². The van der Waals surface area contributed by atoms with E-state index < -0.39 is 0 Å². The number of amides is 2. The first-order valence-corrected chi connectivity index (χ1v) is 8.02. The van der Waals surface area contributed by atoms with E-state index in [2.05, 4.69) is 53.1 Å². The first-order chi connectivity index (χ1) is 10.1. The molecule has 2 aromatic carbocycles. The SMILES string of the molecule is CC(C)c1ccccc1NC(=O)NCc1cccc(I)c1. The number of rotatable bonds is 4. The third-order valence-corrected chi connectivity index (χ3v) is 3.84. The molecular formula is C17H19IN2O. The summed E-state index contributed by atoms with van der Waals surface area (Å²) in [6.07, 6.45) is 0.